The van der Waals surface area contributed by atoms with Gasteiger partial charge in [0, 0.05) is 230 Å². The average molecular weight is 2030 g/mol. The maximum Gasteiger partial charge on any atom is 0.407 e. The van der Waals surface area contributed by atoms with Gasteiger partial charge in [-0.15, -0.1) is 5.10 Å². The van der Waals surface area contributed by atoms with Gasteiger partial charge in [0.15, 0.2) is 11.7 Å². The van der Waals surface area contributed by atoms with Crippen LogP contribution >= 0.6 is 0 Å². The van der Waals surface area contributed by atoms with Gasteiger partial charge in [0.2, 0.25) is 35.8 Å². The first-order valence-corrected chi connectivity index (χ1v) is 50.2. The topological polar surface area (TPSA) is 514 Å². The molecule has 7 aromatic rings. The number of methoxy groups -OCH3 is 1. The van der Waals surface area contributed by atoms with Crippen molar-refractivity contribution in [1.82, 2.24) is 51.1 Å². The van der Waals surface area contributed by atoms with E-state index >= 15 is 4.39 Å². The fourth-order valence-corrected chi connectivity index (χ4v) is 17.5. The van der Waals surface area contributed by atoms with Crippen LogP contribution in [-0.4, -0.2) is 307 Å². The van der Waals surface area contributed by atoms with Gasteiger partial charge >= 0.3 is 18.0 Å². The number of benzene rings is 4. The highest BCUT2D eigenvalue weighted by Gasteiger charge is 2.50. The molecule has 12 rings (SSSR count). The largest absolute Gasteiger partial charge is 0.479 e. The number of pyridine rings is 2. The second-order valence-electron chi connectivity index (χ2n) is 36.2. The fraction of sp³-hybridized carbons (Fsp3) is 0.592. The van der Waals surface area contributed by atoms with E-state index in [-0.39, 0.29) is 116 Å². The lowest BCUT2D eigenvalue weighted by Gasteiger charge is -2.38. The molecule has 1 saturated heterocycles. The number of aliphatic carboxylic acids is 1. The van der Waals surface area contributed by atoms with Crippen LogP contribution in [0.15, 0.2) is 83.7 Å². The Hall–Kier alpha value is -11.0. The number of nitrogens with zero attached hydrogens (tertiary/aromatic N) is 6. The molecule has 4 aromatic carbocycles. The number of aliphatic hydroxyl groups is 4. The zero-order valence-electron chi connectivity index (χ0n) is 83.4. The van der Waals surface area contributed by atoms with Gasteiger partial charge in [-0.05, 0) is 156 Å². The molecule has 0 radical (unpaired) electrons. The zero-order chi connectivity index (χ0) is 103. The summed E-state index contributed by atoms with van der Waals surface area (Å²) >= 11 is 0. The summed E-state index contributed by atoms with van der Waals surface area (Å²) in [5.74, 6) is -6.41. The Morgan fingerprint density at radius 3 is 1.74 bits per heavy atom. The number of carbonyl (C=O) groups is 8. The number of hydrogen-bond donors (Lipinski definition) is 10. The van der Waals surface area contributed by atoms with E-state index in [0.717, 1.165) is 68.2 Å². The molecule has 0 spiro atoms. The van der Waals surface area contributed by atoms with Crippen LogP contribution in [0.1, 0.15) is 186 Å². The predicted molar refractivity (Wildman–Crippen MR) is 523 cm³/mol. The number of carboxylic acid groups (broad SMARTS) is 1. The molecule has 41 nitrogen and oxygen atoms in total. The van der Waals surface area contributed by atoms with Crippen LogP contribution < -0.4 is 41.8 Å². The number of carboxylic acids is 1. The second kappa shape index (κ2) is 58.5. The van der Waals surface area contributed by atoms with Gasteiger partial charge in [-0.1, -0.05) is 60.7 Å². The molecule has 4 aliphatic heterocycles. The summed E-state index contributed by atoms with van der Waals surface area (Å²) in [4.78, 5) is 131. The van der Waals surface area contributed by atoms with E-state index in [2.05, 4.69) is 36.9 Å². The third-order valence-corrected chi connectivity index (χ3v) is 25.3. The standard InChI is InChI=1S/C103H140FN11O30/c1-6-103(129)76-58-82-90-74(63-114(82)98(124)75(76)65-142-101(103)127)89-78(27-26-71-67(4)77(104)59-79(109-90)88(71)89)110-102(128)143-64-68-25-28-83(144-100-95(122)93(120)94(121)96(145-100)99(125)126)70(57-68)60-106-84(116)31-33-105-97(123)80(108-86(118)29-30-87(119)113-62-69-21-7-8-22-72(69)92-91(111-112-115(92)66(2)3)73-23-9-10-24-81(73)113)61-107-85(117)32-54-140-52-19-50-138-48-17-46-136-44-15-42-134-40-13-38-132-36-11-34-131-35-12-37-133-39-14-41-135-43-16-45-137-47-18-49-139-51-20-53-141-56-55-130-5/h7-10,21-25,28,57-59,66,78,80,93-96,100,120-122,129H,6,11-20,26-27,29-56,60-65H2,1-5H3,(H,105,123)(H,106,116)(H,107,117)(H,108,118)(H,110,128)(H,125,126). The molecular weight excluding hydrogens is 1890 g/mol. The number of rotatable bonds is 66. The molecule has 6 amide bonds. The van der Waals surface area contributed by atoms with Crippen molar-refractivity contribution in [2.24, 2.45) is 0 Å². The monoisotopic (exact) mass is 2030 g/mol. The number of halogens is 1. The SMILES string of the molecule is CCC1(O)C(=O)OCc2c1cc1n(c2=O)Cc2c-1nc1cc(F)c(C)c3c1c2C(NC(=O)OCc1ccc(OC2OC(C(=O)O)C(O)C(O)C2O)c(CNC(=O)CCNC(=O)C(CNC(=O)CCOCCCOCCCOCCCOCCCOCCCOCCCOCCCOCCCOCCCOCCCOCCOC)NC(=O)CCC(=O)N2Cc4ccccc4-c4c(nnn4C(C)C)-c4ccccc42)c1)CC3. The summed E-state index contributed by atoms with van der Waals surface area (Å²) in [5.41, 5.74) is 4.98. The highest BCUT2D eigenvalue weighted by molar-refractivity contribution is 6.02. The highest BCUT2D eigenvalue weighted by Crippen LogP contribution is 2.48. The van der Waals surface area contributed by atoms with Crippen molar-refractivity contribution in [3.63, 3.8) is 0 Å². The Bertz CT molecular complexity index is 5470. The van der Waals surface area contributed by atoms with Crippen molar-refractivity contribution in [1.29, 1.82) is 0 Å². The summed E-state index contributed by atoms with van der Waals surface area (Å²) < 4.78 is 109. The Labute approximate surface area is 841 Å². The lowest BCUT2D eigenvalue weighted by atomic mass is 9.81. The van der Waals surface area contributed by atoms with Crippen molar-refractivity contribution in [2.45, 2.75) is 224 Å². The lowest BCUT2D eigenvalue weighted by Crippen LogP contribution is -2.61. The number of aryl methyl sites for hydroxylation is 1. The normalized spacial score (nSPS) is 17.8. The Morgan fingerprint density at radius 1 is 0.600 bits per heavy atom. The Morgan fingerprint density at radius 2 is 1.17 bits per heavy atom. The molecule has 8 atom stereocenters. The van der Waals surface area contributed by atoms with E-state index < -0.39 is 140 Å². The maximum atomic E-state index is 15.8. The zero-order valence-corrected chi connectivity index (χ0v) is 83.4. The number of alkyl carbamates (subject to hydrolysis) is 1. The summed E-state index contributed by atoms with van der Waals surface area (Å²) in [6, 6.07) is 19.7. The van der Waals surface area contributed by atoms with E-state index in [4.69, 9.17) is 80.8 Å². The molecule has 145 heavy (non-hydrogen) atoms. The first-order chi connectivity index (χ1) is 70.4. The van der Waals surface area contributed by atoms with E-state index in [1.807, 2.05) is 54.9 Å². The number of fused-ring (bicyclic) bond motifs is 10. The van der Waals surface area contributed by atoms with Crippen molar-refractivity contribution in [2.75, 3.05) is 177 Å². The van der Waals surface area contributed by atoms with E-state index in [1.165, 1.54) is 34.9 Å². The average Bonchev–Trinajstić information content (AvgIpc) is 1.58. The fourth-order valence-electron chi connectivity index (χ4n) is 17.5. The molecule has 10 N–H and O–H groups in total. The molecule has 1 fully saturated rings. The van der Waals surface area contributed by atoms with Crippen LogP contribution in [0.2, 0.25) is 0 Å². The number of carbonyl (C=O) groups excluding carboxylic acids is 7. The second-order valence-corrected chi connectivity index (χ2v) is 36.2. The number of aliphatic hydroxyl groups excluding tert-OH is 3. The number of nitrogens with one attached hydrogen (secondary N) is 5. The number of amides is 6. The molecule has 0 bridgehead atoms. The third kappa shape index (κ3) is 32.0. The quantitative estimate of drug-likeness (QED) is 0.0131. The number of ether oxygens (including phenoxy) is 16. The highest BCUT2D eigenvalue weighted by atomic mass is 19.1. The van der Waals surface area contributed by atoms with Gasteiger partial charge in [-0.2, -0.15) is 0 Å². The van der Waals surface area contributed by atoms with E-state index in [0.29, 0.717) is 203 Å². The summed E-state index contributed by atoms with van der Waals surface area (Å²) in [6.45, 7) is 18.5. The molecule has 8 unspecified atom stereocenters. The first kappa shape index (κ1) is 113. The Kier molecular flexibility index (Phi) is 45.5. The van der Waals surface area contributed by atoms with Crippen LogP contribution in [-0.2, 0) is 149 Å². The van der Waals surface area contributed by atoms with Gasteiger partial charge in [-0.3, -0.25) is 28.8 Å². The number of esters is 1. The van der Waals surface area contributed by atoms with E-state index in [9.17, 15) is 68.7 Å². The van der Waals surface area contributed by atoms with E-state index in [1.54, 1.807) is 38.0 Å². The molecule has 7 heterocycles. The van der Waals surface area contributed by atoms with Crippen molar-refractivity contribution >= 4 is 64.2 Å². The molecule has 1 aliphatic carbocycles. The van der Waals surface area contributed by atoms with Crippen LogP contribution in [0.5, 0.6) is 5.75 Å². The smallest absolute Gasteiger partial charge is 0.407 e. The molecule has 794 valence electrons. The number of hydrogen-bond acceptors (Lipinski definition) is 32. The predicted octanol–water partition coefficient (Wildman–Crippen LogP) is 7.39. The minimum atomic E-state index is -2.13. The van der Waals surface area contributed by atoms with Gasteiger partial charge < -0.3 is 137 Å². The van der Waals surface area contributed by atoms with Crippen LogP contribution in [0.25, 0.3) is 44.8 Å². The van der Waals surface area contributed by atoms with Crippen molar-refractivity contribution in [3.05, 3.63) is 145 Å². The van der Waals surface area contributed by atoms with Gasteiger partial charge in [0.25, 0.3) is 5.56 Å². The summed E-state index contributed by atoms with van der Waals surface area (Å²) in [5, 5.41) is 77.1. The Balaban J connectivity index is 0.565. The van der Waals surface area contributed by atoms with Crippen molar-refractivity contribution in [3.8, 4) is 39.7 Å². The number of para-hydroxylation sites is 1. The van der Waals surface area contributed by atoms with Crippen LogP contribution in [0, 0.1) is 12.7 Å². The van der Waals surface area contributed by atoms with Crippen LogP contribution in [0.4, 0.5) is 14.9 Å². The van der Waals surface area contributed by atoms with Gasteiger partial charge in [-0.25, -0.2) is 28.4 Å². The summed E-state index contributed by atoms with van der Waals surface area (Å²) in [7, 11) is 1.66. The number of cyclic esters (lactones) is 1. The third-order valence-electron chi connectivity index (χ3n) is 25.3. The maximum absolute atomic E-state index is 15.8. The minimum Gasteiger partial charge on any atom is -0.479 e. The molecule has 0 saturated carbocycles. The number of aromatic nitrogens is 5. The first-order valence-electron chi connectivity index (χ1n) is 50.2. The van der Waals surface area contributed by atoms with Crippen LogP contribution in [0.3, 0.4) is 0 Å². The summed E-state index contributed by atoms with van der Waals surface area (Å²) in [6.07, 6.45) is -3.95. The minimum absolute atomic E-state index is 0.0123. The molecule has 42 heteroatoms. The van der Waals surface area contributed by atoms with Gasteiger partial charge in [0.1, 0.15) is 54.8 Å². The van der Waals surface area contributed by atoms with Crippen molar-refractivity contribution < 1.29 is 144 Å². The molecule has 3 aromatic heterocycles. The van der Waals surface area contributed by atoms with Gasteiger partial charge in [0.05, 0.1) is 72.8 Å². The molecule has 5 aliphatic rings. The lowest BCUT2D eigenvalue weighted by molar-refractivity contribution is -0.271. The number of anilines is 1. The molecular formula is C103H140FN11O30.